The quantitative estimate of drug-likeness (QED) is 0.472. The number of piperazine rings is 1. The molecule has 1 aliphatic carbocycles. The predicted molar refractivity (Wildman–Crippen MR) is 122 cm³/mol. The maximum absolute atomic E-state index is 12.2. The zero-order valence-electron chi connectivity index (χ0n) is 19.2. The van der Waals surface area contributed by atoms with Crippen molar-refractivity contribution in [1.82, 2.24) is 9.80 Å². The van der Waals surface area contributed by atoms with Gasteiger partial charge in [-0.1, -0.05) is 56.7 Å². The molecule has 1 atom stereocenters. The zero-order valence-corrected chi connectivity index (χ0v) is 19.9. The van der Waals surface area contributed by atoms with Crippen LogP contribution in [0.25, 0.3) is 0 Å². The molecule has 0 bridgehead atoms. The summed E-state index contributed by atoms with van der Waals surface area (Å²) < 4.78 is 5.47. The molecule has 1 aliphatic heterocycles. The summed E-state index contributed by atoms with van der Waals surface area (Å²) in [5.74, 6) is 0. The lowest BCUT2D eigenvalue weighted by Crippen LogP contribution is -2.50. The third kappa shape index (κ3) is 8.18. The Kier molecular flexibility index (Phi) is 7.67. The Morgan fingerprint density at radius 3 is 2.34 bits per heavy atom. The van der Waals surface area contributed by atoms with Crippen molar-refractivity contribution >= 4 is 17.7 Å². The average Bonchev–Trinajstić information content (AvgIpc) is 2.90. The van der Waals surface area contributed by atoms with Crippen LogP contribution < -0.4 is 0 Å². The maximum Gasteiger partial charge on any atom is 0.410 e. The van der Waals surface area contributed by atoms with Gasteiger partial charge >= 0.3 is 6.09 Å². The molecule has 0 spiro atoms. The van der Waals surface area contributed by atoms with Gasteiger partial charge in [0.05, 0.1) is 0 Å². The van der Waals surface area contributed by atoms with Gasteiger partial charge in [-0.15, -0.1) is 0 Å². The van der Waals surface area contributed by atoms with Crippen LogP contribution in [0, 0.1) is 10.8 Å². The molecule has 1 unspecified atom stereocenters. The van der Waals surface area contributed by atoms with E-state index in [1.807, 2.05) is 31.7 Å². The molecule has 5 heteroatoms. The lowest BCUT2D eigenvalue weighted by atomic mass is 9.72. The van der Waals surface area contributed by atoms with Crippen LogP contribution in [0.5, 0.6) is 0 Å². The Morgan fingerprint density at radius 1 is 1.21 bits per heavy atom. The van der Waals surface area contributed by atoms with Crippen LogP contribution in [-0.2, 0) is 4.74 Å². The molecule has 1 amide bonds. The Labute approximate surface area is 182 Å². The minimum absolute atomic E-state index is 0.0555. The molecule has 1 saturated heterocycles. The van der Waals surface area contributed by atoms with Gasteiger partial charge in [-0.3, -0.25) is 4.90 Å². The number of nitrogens with zero attached hydrogens (tertiary/aromatic N) is 2. The number of amides is 1. The van der Waals surface area contributed by atoms with Crippen molar-refractivity contribution in [3.05, 3.63) is 35.4 Å². The Bertz CT molecular complexity index is 667. The number of carbonyl (C=O) groups is 1. The average molecular weight is 423 g/mol. The van der Waals surface area contributed by atoms with Gasteiger partial charge in [-0.2, -0.15) is 0 Å². The Morgan fingerprint density at radius 2 is 1.83 bits per heavy atom. The minimum atomic E-state index is -0.443. The topological polar surface area (TPSA) is 32.8 Å². The summed E-state index contributed by atoms with van der Waals surface area (Å²) in [5, 5.41) is 0.846. The van der Waals surface area contributed by atoms with Gasteiger partial charge in [-0.25, -0.2) is 4.79 Å². The normalized spacial score (nSPS) is 23.3. The molecule has 29 heavy (non-hydrogen) atoms. The van der Waals surface area contributed by atoms with E-state index < -0.39 is 5.60 Å². The van der Waals surface area contributed by atoms with Crippen molar-refractivity contribution in [2.75, 3.05) is 32.7 Å². The molecule has 0 N–H and O–H groups in total. The van der Waals surface area contributed by atoms with Crippen LogP contribution in [0.2, 0.25) is 0 Å². The third-order valence-corrected chi connectivity index (χ3v) is 5.81. The highest BCUT2D eigenvalue weighted by atomic mass is 35.5. The predicted octanol–water partition coefficient (Wildman–Crippen LogP) is 5.99. The summed E-state index contributed by atoms with van der Waals surface area (Å²) >= 11 is 6.14. The number of ether oxygens (including phenoxy) is 1. The molecule has 0 radical (unpaired) electrons. The molecule has 164 valence electrons. The first kappa shape index (κ1) is 24.0. The van der Waals surface area contributed by atoms with E-state index >= 15 is 0 Å². The number of halogens is 1. The largest absolute Gasteiger partial charge is 0.444 e. The smallest absolute Gasteiger partial charge is 0.410 e. The molecule has 1 heterocycles. The van der Waals surface area contributed by atoms with E-state index in [1.165, 1.54) is 5.57 Å². The van der Waals surface area contributed by atoms with Gasteiger partial charge in [0.1, 0.15) is 5.60 Å². The van der Waals surface area contributed by atoms with Crippen molar-refractivity contribution in [1.29, 1.82) is 0 Å². The second-order valence-electron chi connectivity index (χ2n) is 10.7. The van der Waals surface area contributed by atoms with Crippen LogP contribution in [0.3, 0.4) is 0 Å². The minimum Gasteiger partial charge on any atom is -0.444 e. The lowest BCUT2D eigenvalue weighted by Gasteiger charge is -2.36. The second-order valence-corrected chi connectivity index (χ2v) is 11.1. The van der Waals surface area contributed by atoms with Gasteiger partial charge in [-0.05, 0) is 51.5 Å². The van der Waals surface area contributed by atoms with E-state index in [2.05, 4.69) is 44.4 Å². The van der Waals surface area contributed by atoms with Crippen molar-refractivity contribution in [2.45, 2.75) is 66.4 Å². The van der Waals surface area contributed by atoms with Crippen LogP contribution in [0.1, 0.15) is 60.8 Å². The van der Waals surface area contributed by atoms with E-state index in [0.717, 1.165) is 43.9 Å². The van der Waals surface area contributed by atoms with E-state index in [1.54, 1.807) is 0 Å². The number of allylic oxidation sites excluding steroid dienone is 4. The Hall–Kier alpha value is -1.26. The third-order valence-electron chi connectivity index (χ3n) is 5.58. The SMILES string of the molecule is C=C(CCC(C)(C)CC1(C)C=CC(Cl)=C1)CN1CCN(C(=O)OC(C)(C)C)CC1. The van der Waals surface area contributed by atoms with Crippen molar-refractivity contribution in [3.63, 3.8) is 0 Å². The second kappa shape index (κ2) is 9.26. The highest BCUT2D eigenvalue weighted by molar-refractivity contribution is 6.31. The number of rotatable bonds is 7. The van der Waals surface area contributed by atoms with Crippen LogP contribution >= 0.6 is 11.6 Å². The number of hydrogen-bond donors (Lipinski definition) is 0. The fraction of sp³-hybridized carbons (Fsp3) is 0.708. The molecule has 0 aromatic carbocycles. The van der Waals surface area contributed by atoms with E-state index in [9.17, 15) is 4.79 Å². The molecular weight excluding hydrogens is 384 g/mol. The first-order valence-corrected chi connectivity index (χ1v) is 11.1. The molecular formula is C24H39ClN2O2. The molecule has 0 aromatic rings. The zero-order chi connectivity index (χ0) is 21.9. The summed E-state index contributed by atoms with van der Waals surface area (Å²) in [7, 11) is 0. The summed E-state index contributed by atoms with van der Waals surface area (Å²) in [6.45, 7) is 21.0. The molecule has 4 nitrogen and oxygen atoms in total. The van der Waals surface area contributed by atoms with Gasteiger partial charge < -0.3 is 9.64 Å². The fourth-order valence-corrected chi connectivity index (χ4v) is 4.55. The monoisotopic (exact) mass is 422 g/mol. The van der Waals surface area contributed by atoms with Crippen LogP contribution in [0.4, 0.5) is 4.79 Å². The molecule has 0 saturated carbocycles. The van der Waals surface area contributed by atoms with Crippen molar-refractivity contribution in [2.24, 2.45) is 10.8 Å². The van der Waals surface area contributed by atoms with Gasteiger partial charge in [0.25, 0.3) is 0 Å². The number of hydrogen-bond acceptors (Lipinski definition) is 3. The van der Waals surface area contributed by atoms with Crippen molar-refractivity contribution < 1.29 is 9.53 Å². The summed E-state index contributed by atoms with van der Waals surface area (Å²) in [6.07, 6.45) is 9.39. The number of carbonyl (C=O) groups excluding carboxylic acids is 1. The summed E-state index contributed by atoms with van der Waals surface area (Å²) in [6, 6.07) is 0. The molecule has 2 rings (SSSR count). The van der Waals surface area contributed by atoms with Crippen LogP contribution in [0.15, 0.2) is 35.4 Å². The highest BCUT2D eigenvalue weighted by Crippen LogP contribution is 2.43. The fourth-order valence-electron chi connectivity index (χ4n) is 4.24. The van der Waals surface area contributed by atoms with Gasteiger partial charge in [0.15, 0.2) is 0 Å². The van der Waals surface area contributed by atoms with E-state index in [-0.39, 0.29) is 16.9 Å². The highest BCUT2D eigenvalue weighted by Gasteiger charge is 2.31. The van der Waals surface area contributed by atoms with E-state index in [0.29, 0.717) is 13.1 Å². The van der Waals surface area contributed by atoms with Crippen molar-refractivity contribution in [3.8, 4) is 0 Å². The van der Waals surface area contributed by atoms with Gasteiger partial charge in [0, 0.05) is 43.2 Å². The maximum atomic E-state index is 12.2. The first-order chi connectivity index (χ1) is 13.3. The standard InChI is InChI=1S/C24H39ClN2O2/c1-19(8-10-23(5,6)18-24(7)11-9-20(25)16-24)17-26-12-14-27(15-13-26)21(28)29-22(2,3)4/h9,11,16H,1,8,10,12-15,17-18H2,2-7H3. The molecule has 2 aliphatic rings. The van der Waals surface area contributed by atoms with E-state index in [4.69, 9.17) is 16.3 Å². The summed E-state index contributed by atoms with van der Waals surface area (Å²) in [5.41, 5.74) is 1.10. The molecule has 0 aromatic heterocycles. The van der Waals surface area contributed by atoms with Gasteiger partial charge in [0.2, 0.25) is 0 Å². The summed E-state index contributed by atoms with van der Waals surface area (Å²) in [4.78, 5) is 16.4. The lowest BCUT2D eigenvalue weighted by molar-refractivity contribution is 0.0151. The molecule has 1 fully saturated rings. The first-order valence-electron chi connectivity index (χ1n) is 10.7. The Balaban J connectivity index is 1.72. The van der Waals surface area contributed by atoms with Crippen LogP contribution in [-0.4, -0.2) is 54.2 Å².